The Bertz CT molecular complexity index is 617. The number of nitrogens with zero attached hydrogens (tertiary/aromatic N) is 1. The second-order valence-corrected chi connectivity index (χ2v) is 3.84. The van der Waals surface area contributed by atoms with E-state index in [0.29, 0.717) is 11.1 Å². The standard InChI is InChI=1S/C13H6ClF2N/c14-12-5-8(7-17)1-3-10(12)11-4-2-9(15)6-13(11)16/h1-6H. The summed E-state index contributed by atoms with van der Waals surface area (Å²) in [7, 11) is 0. The Morgan fingerprint density at radius 2 is 1.71 bits per heavy atom. The summed E-state index contributed by atoms with van der Waals surface area (Å²) in [5.74, 6) is -1.33. The van der Waals surface area contributed by atoms with E-state index in [1.165, 1.54) is 24.3 Å². The summed E-state index contributed by atoms with van der Waals surface area (Å²) in [6.07, 6.45) is 0. The van der Waals surface area contributed by atoms with Gasteiger partial charge < -0.3 is 0 Å². The summed E-state index contributed by atoms with van der Waals surface area (Å²) < 4.78 is 26.3. The van der Waals surface area contributed by atoms with E-state index in [1.54, 1.807) is 0 Å². The Balaban J connectivity index is 2.58. The van der Waals surface area contributed by atoms with Crippen molar-refractivity contribution in [1.82, 2.24) is 0 Å². The SMILES string of the molecule is N#Cc1ccc(-c2ccc(F)cc2F)c(Cl)c1. The van der Waals surface area contributed by atoms with Crippen molar-refractivity contribution in [3.05, 3.63) is 58.6 Å². The highest BCUT2D eigenvalue weighted by molar-refractivity contribution is 6.33. The molecule has 4 heteroatoms. The summed E-state index contributed by atoms with van der Waals surface area (Å²) in [6.45, 7) is 0. The number of hydrogen-bond acceptors (Lipinski definition) is 1. The highest BCUT2D eigenvalue weighted by Gasteiger charge is 2.10. The molecule has 0 aliphatic heterocycles. The topological polar surface area (TPSA) is 23.8 Å². The van der Waals surface area contributed by atoms with E-state index in [9.17, 15) is 8.78 Å². The highest BCUT2D eigenvalue weighted by Crippen LogP contribution is 2.30. The Morgan fingerprint density at radius 3 is 2.29 bits per heavy atom. The third-order valence-corrected chi connectivity index (χ3v) is 2.63. The predicted octanol–water partition coefficient (Wildman–Crippen LogP) is 4.16. The Morgan fingerprint density at radius 1 is 1.00 bits per heavy atom. The third kappa shape index (κ3) is 2.27. The summed E-state index contributed by atoms with van der Waals surface area (Å²) in [5, 5.41) is 8.94. The number of benzene rings is 2. The summed E-state index contributed by atoms with van der Waals surface area (Å²) in [4.78, 5) is 0. The first kappa shape index (κ1) is 11.6. The van der Waals surface area contributed by atoms with E-state index in [1.807, 2.05) is 6.07 Å². The molecule has 84 valence electrons. The molecule has 0 fully saturated rings. The van der Waals surface area contributed by atoms with Gasteiger partial charge in [0.15, 0.2) is 0 Å². The van der Waals surface area contributed by atoms with Gasteiger partial charge in [0.05, 0.1) is 11.6 Å². The van der Waals surface area contributed by atoms with Crippen LogP contribution in [0.15, 0.2) is 36.4 Å². The van der Waals surface area contributed by atoms with Crippen molar-refractivity contribution >= 4 is 11.6 Å². The molecule has 17 heavy (non-hydrogen) atoms. The maximum Gasteiger partial charge on any atom is 0.133 e. The van der Waals surface area contributed by atoms with Gasteiger partial charge in [-0.25, -0.2) is 8.78 Å². The molecule has 0 atom stereocenters. The van der Waals surface area contributed by atoms with Gasteiger partial charge in [0.2, 0.25) is 0 Å². The van der Waals surface area contributed by atoms with Gasteiger partial charge >= 0.3 is 0 Å². The largest absolute Gasteiger partial charge is 0.207 e. The van der Waals surface area contributed by atoms with Crippen LogP contribution >= 0.6 is 11.6 Å². The minimum absolute atomic E-state index is 0.209. The van der Waals surface area contributed by atoms with Gasteiger partial charge in [0.1, 0.15) is 11.6 Å². The molecule has 1 nitrogen and oxygen atoms in total. The molecule has 0 aliphatic carbocycles. The minimum atomic E-state index is -0.684. The van der Waals surface area contributed by atoms with Crippen LogP contribution < -0.4 is 0 Å². The maximum atomic E-state index is 13.5. The third-order valence-electron chi connectivity index (χ3n) is 2.32. The lowest BCUT2D eigenvalue weighted by Crippen LogP contribution is -1.88. The zero-order chi connectivity index (χ0) is 12.4. The van der Waals surface area contributed by atoms with Crippen LogP contribution in [0.5, 0.6) is 0 Å². The summed E-state index contributed by atoms with van der Waals surface area (Å²) in [6, 6.07) is 9.72. The van der Waals surface area contributed by atoms with Gasteiger partial charge in [-0.3, -0.25) is 0 Å². The van der Waals surface area contributed by atoms with Crippen LogP contribution in [0.3, 0.4) is 0 Å². The molecule has 0 N–H and O–H groups in total. The number of nitriles is 1. The van der Waals surface area contributed by atoms with Crippen LogP contribution in [0.25, 0.3) is 11.1 Å². The predicted molar refractivity (Wildman–Crippen MR) is 61.5 cm³/mol. The highest BCUT2D eigenvalue weighted by atomic mass is 35.5. The van der Waals surface area contributed by atoms with Gasteiger partial charge in [0.25, 0.3) is 0 Å². The molecule has 2 rings (SSSR count). The number of hydrogen-bond donors (Lipinski definition) is 0. The van der Waals surface area contributed by atoms with Crippen LogP contribution in [0.4, 0.5) is 8.78 Å². The lowest BCUT2D eigenvalue weighted by Gasteiger charge is -2.06. The molecular weight excluding hydrogens is 244 g/mol. The molecule has 0 radical (unpaired) electrons. The molecule has 0 saturated carbocycles. The molecule has 0 unspecified atom stereocenters. The molecule has 2 aromatic rings. The fraction of sp³-hybridized carbons (Fsp3) is 0. The quantitative estimate of drug-likeness (QED) is 0.745. The van der Waals surface area contributed by atoms with Crippen molar-refractivity contribution in [2.45, 2.75) is 0 Å². The van der Waals surface area contributed by atoms with E-state index >= 15 is 0 Å². The summed E-state index contributed by atoms with van der Waals surface area (Å²) >= 11 is 5.94. The summed E-state index contributed by atoms with van der Waals surface area (Å²) in [5.41, 5.74) is 1.03. The van der Waals surface area contributed by atoms with E-state index in [2.05, 4.69) is 0 Å². The Kier molecular flexibility index (Phi) is 3.08. The van der Waals surface area contributed by atoms with Crippen LogP contribution in [0.2, 0.25) is 5.02 Å². The zero-order valence-electron chi connectivity index (χ0n) is 8.55. The first-order chi connectivity index (χ1) is 8.11. The van der Waals surface area contributed by atoms with E-state index in [0.717, 1.165) is 12.1 Å². The first-order valence-electron chi connectivity index (χ1n) is 4.77. The average Bonchev–Trinajstić information content (AvgIpc) is 2.30. The maximum absolute atomic E-state index is 13.5. The van der Waals surface area contributed by atoms with Crippen LogP contribution in [0.1, 0.15) is 5.56 Å². The van der Waals surface area contributed by atoms with Crippen molar-refractivity contribution in [3.8, 4) is 17.2 Å². The van der Waals surface area contributed by atoms with Crippen molar-refractivity contribution in [2.24, 2.45) is 0 Å². The van der Waals surface area contributed by atoms with Gasteiger partial charge in [0, 0.05) is 22.2 Å². The fourth-order valence-corrected chi connectivity index (χ4v) is 1.79. The van der Waals surface area contributed by atoms with Crippen LogP contribution in [-0.2, 0) is 0 Å². The fourth-order valence-electron chi connectivity index (χ4n) is 1.51. The lowest BCUT2D eigenvalue weighted by molar-refractivity contribution is 0.585. The molecule has 0 aliphatic rings. The van der Waals surface area contributed by atoms with Crippen molar-refractivity contribution in [2.75, 3.05) is 0 Å². The van der Waals surface area contributed by atoms with Crippen LogP contribution in [0, 0.1) is 23.0 Å². The molecular formula is C13H6ClF2N. The van der Waals surface area contributed by atoms with Crippen LogP contribution in [-0.4, -0.2) is 0 Å². The van der Waals surface area contributed by atoms with Gasteiger partial charge in [-0.1, -0.05) is 17.7 Å². The molecule has 0 heterocycles. The minimum Gasteiger partial charge on any atom is -0.207 e. The molecule has 0 spiro atoms. The van der Waals surface area contributed by atoms with E-state index in [-0.39, 0.29) is 10.6 Å². The molecule has 0 bridgehead atoms. The van der Waals surface area contributed by atoms with Crippen molar-refractivity contribution in [1.29, 1.82) is 5.26 Å². The van der Waals surface area contributed by atoms with E-state index < -0.39 is 11.6 Å². The number of halogens is 3. The molecule has 2 aromatic carbocycles. The number of rotatable bonds is 1. The molecule has 0 amide bonds. The van der Waals surface area contributed by atoms with E-state index in [4.69, 9.17) is 16.9 Å². The average molecular weight is 250 g/mol. The van der Waals surface area contributed by atoms with Gasteiger partial charge in [-0.2, -0.15) is 5.26 Å². The first-order valence-corrected chi connectivity index (χ1v) is 5.14. The van der Waals surface area contributed by atoms with Crippen molar-refractivity contribution in [3.63, 3.8) is 0 Å². The zero-order valence-corrected chi connectivity index (χ0v) is 9.30. The molecule has 0 aromatic heterocycles. The molecule has 0 saturated heterocycles. The normalized spacial score (nSPS) is 10.0. The second kappa shape index (κ2) is 4.52. The van der Waals surface area contributed by atoms with Gasteiger partial charge in [-0.05, 0) is 24.3 Å². The lowest BCUT2D eigenvalue weighted by atomic mass is 10.0. The monoisotopic (exact) mass is 249 g/mol. The van der Waals surface area contributed by atoms with Crippen molar-refractivity contribution < 1.29 is 8.78 Å². The van der Waals surface area contributed by atoms with Gasteiger partial charge in [-0.15, -0.1) is 0 Å². The smallest absolute Gasteiger partial charge is 0.133 e. The second-order valence-electron chi connectivity index (χ2n) is 3.43. The Labute approximate surface area is 102 Å². The Hall–Kier alpha value is -1.92.